The molecule has 2 unspecified atom stereocenters. The molecule has 0 aliphatic carbocycles. The van der Waals surface area contributed by atoms with Crippen LogP contribution in [0.25, 0.3) is 0 Å². The fourth-order valence-electron chi connectivity index (χ4n) is 1.33. The smallest absolute Gasteiger partial charge is 1.00 e. The molecule has 0 amide bonds. The number of aliphatic carboxylic acids is 1. The molecule has 2 atom stereocenters. The second kappa shape index (κ2) is 5.05. The Hall–Kier alpha value is -0.440. The minimum Gasteiger partial charge on any atom is -1.00 e. The van der Waals surface area contributed by atoms with Crippen LogP contribution < -0.4 is 29.6 Å². The number of rotatable bonds is 3. The third-order valence-electron chi connectivity index (χ3n) is 2.17. The first kappa shape index (κ1) is 14.6. The van der Waals surface area contributed by atoms with Gasteiger partial charge >= 0.3 is 35.5 Å². The zero-order chi connectivity index (χ0) is 11.9. The summed E-state index contributed by atoms with van der Waals surface area (Å²) in [6.45, 7) is 1.63. The summed E-state index contributed by atoms with van der Waals surface area (Å²) in [4.78, 5) is 15.1. The van der Waals surface area contributed by atoms with Gasteiger partial charge in [-0.2, -0.15) is 0 Å². The van der Waals surface area contributed by atoms with Crippen LogP contribution >= 0.6 is 0 Å². The third kappa shape index (κ3) is 2.70. The molecule has 1 aromatic carbocycles. The Morgan fingerprint density at radius 1 is 1.47 bits per heavy atom. The van der Waals surface area contributed by atoms with Crippen LogP contribution in [0.5, 0.6) is 0 Å². The molecule has 1 aromatic rings. The quantitative estimate of drug-likeness (QED) is 0.481. The van der Waals surface area contributed by atoms with Gasteiger partial charge in [0.05, 0.1) is 4.90 Å². The first-order chi connectivity index (χ1) is 7.44. The van der Waals surface area contributed by atoms with Crippen LogP contribution in [0.1, 0.15) is 6.99 Å². The van der Waals surface area contributed by atoms with Crippen molar-refractivity contribution < 1.29 is 54.1 Å². The third-order valence-corrected chi connectivity index (χ3v) is 3.93. The van der Waals surface area contributed by atoms with Crippen molar-refractivity contribution in [2.24, 2.45) is 0 Å². The van der Waals surface area contributed by atoms with E-state index in [1.54, 1.807) is 25.1 Å². The van der Waals surface area contributed by atoms with E-state index >= 15 is 0 Å². The van der Waals surface area contributed by atoms with Gasteiger partial charge < -0.3 is 6.53 Å². The number of carboxylic acids is 1. The van der Waals surface area contributed by atoms with Crippen molar-refractivity contribution in [2.45, 2.75) is 18.0 Å². The van der Waals surface area contributed by atoms with E-state index < -0.39 is 22.2 Å². The molecule has 88 valence electrons. The average Bonchev–Trinajstić information content (AvgIpc) is 2.97. The molecule has 1 aliphatic heterocycles. The average molecular weight is 267 g/mol. The summed E-state index contributed by atoms with van der Waals surface area (Å²) in [5.41, 5.74) is 0.544. The Morgan fingerprint density at radius 2 is 2.06 bits per heavy atom. The molecule has 1 saturated heterocycles. The predicted octanol–water partition coefficient (Wildman–Crippen LogP) is -2.54. The van der Waals surface area contributed by atoms with E-state index in [-0.39, 0.29) is 35.9 Å². The largest absolute Gasteiger partial charge is 1.00 e. The molecule has 17 heavy (non-hydrogen) atoms. The number of carbonyl (C=O) groups is 1. The molecule has 0 spiro atoms. The number of benzene rings is 1. The normalized spacial score (nSPS) is 22.6. The van der Waals surface area contributed by atoms with E-state index in [9.17, 15) is 13.2 Å². The Balaban J connectivity index is 0.00000144. The summed E-state index contributed by atoms with van der Waals surface area (Å²) in [6, 6.07) is 6.31. The van der Waals surface area contributed by atoms with Crippen molar-refractivity contribution in [3.63, 3.8) is 0 Å². The van der Waals surface area contributed by atoms with Crippen LogP contribution in [0.15, 0.2) is 29.2 Å². The van der Waals surface area contributed by atoms with Crippen molar-refractivity contribution in [2.75, 3.05) is 0 Å². The molecule has 0 aromatic heterocycles. The maximum atomic E-state index is 11.9. The fourth-order valence-corrected chi connectivity index (χ4v) is 2.79. The SMILES string of the molecule is Cc1ccccc1S(=O)(=O)N1OC1C(=O)O.[H-].[Na+]. The van der Waals surface area contributed by atoms with Gasteiger partial charge in [0.2, 0.25) is 0 Å². The van der Waals surface area contributed by atoms with E-state index in [1.165, 1.54) is 6.07 Å². The van der Waals surface area contributed by atoms with Gasteiger partial charge in [0.15, 0.2) is 0 Å². The molecule has 0 saturated carbocycles. The van der Waals surface area contributed by atoms with Crippen LogP contribution in [0, 0.1) is 6.92 Å². The number of hydroxylamine groups is 1. The van der Waals surface area contributed by atoms with Gasteiger partial charge in [-0.25, -0.2) is 18.0 Å². The van der Waals surface area contributed by atoms with Gasteiger partial charge in [0, 0.05) is 0 Å². The van der Waals surface area contributed by atoms with Crippen LogP contribution in [0.2, 0.25) is 0 Å². The number of nitrogens with zero attached hydrogens (tertiary/aromatic N) is 1. The molecular weight excluding hydrogens is 257 g/mol. The zero-order valence-electron chi connectivity index (χ0n) is 10.3. The van der Waals surface area contributed by atoms with Crippen molar-refractivity contribution in [3.05, 3.63) is 29.8 Å². The Bertz CT molecular complexity index is 550. The first-order valence-electron chi connectivity index (χ1n) is 4.44. The number of sulfonamides is 1. The monoisotopic (exact) mass is 267 g/mol. The van der Waals surface area contributed by atoms with Crippen molar-refractivity contribution in [1.29, 1.82) is 0 Å². The molecular formula is C9H10NNaO5S. The maximum Gasteiger partial charge on any atom is 1.00 e. The summed E-state index contributed by atoms with van der Waals surface area (Å²) in [6.07, 6.45) is -1.40. The number of hydrogen-bond acceptors (Lipinski definition) is 4. The fraction of sp³-hybridized carbons (Fsp3) is 0.222. The van der Waals surface area contributed by atoms with Gasteiger partial charge in [-0.15, -0.1) is 0 Å². The van der Waals surface area contributed by atoms with Crippen molar-refractivity contribution in [1.82, 2.24) is 4.47 Å². The van der Waals surface area contributed by atoms with Gasteiger partial charge in [-0.3, -0.25) is 0 Å². The standard InChI is InChI=1S/C9H9NO5S.Na.H/c1-6-4-2-3-5-7(6)16(13,14)10-8(15-10)9(11)12;;/h2-5,8H,1H3,(H,11,12);;/q;+1;-1. The molecule has 1 heterocycles. The van der Waals surface area contributed by atoms with Gasteiger partial charge in [0.25, 0.3) is 16.3 Å². The van der Waals surface area contributed by atoms with Gasteiger partial charge in [-0.1, -0.05) is 18.2 Å². The van der Waals surface area contributed by atoms with Crippen LogP contribution in [-0.4, -0.2) is 30.2 Å². The topological polar surface area (TPSA) is 87.0 Å². The molecule has 0 bridgehead atoms. The van der Waals surface area contributed by atoms with E-state index in [4.69, 9.17) is 5.11 Å². The minimum absolute atomic E-state index is 0. The zero-order valence-corrected chi connectivity index (χ0v) is 12.1. The number of hydrogen-bond donors (Lipinski definition) is 1. The van der Waals surface area contributed by atoms with E-state index in [1.807, 2.05) is 0 Å². The van der Waals surface area contributed by atoms with E-state index in [0.717, 1.165) is 0 Å². The van der Waals surface area contributed by atoms with Gasteiger partial charge in [-0.05, 0) is 23.0 Å². The predicted molar refractivity (Wildman–Crippen MR) is 53.8 cm³/mol. The summed E-state index contributed by atoms with van der Waals surface area (Å²) in [5.74, 6) is -1.32. The van der Waals surface area contributed by atoms with Crippen molar-refractivity contribution in [3.8, 4) is 0 Å². The minimum atomic E-state index is -3.86. The van der Waals surface area contributed by atoms with Crippen LogP contribution in [0.4, 0.5) is 0 Å². The molecule has 6 nitrogen and oxygen atoms in total. The maximum absolute atomic E-state index is 11.9. The summed E-state index contributed by atoms with van der Waals surface area (Å²) in [5, 5.41) is 8.57. The van der Waals surface area contributed by atoms with Crippen molar-refractivity contribution >= 4 is 16.0 Å². The molecule has 1 aliphatic rings. The van der Waals surface area contributed by atoms with Crippen LogP contribution in [-0.2, 0) is 19.7 Å². The second-order valence-corrected chi connectivity index (χ2v) is 5.07. The molecule has 2 rings (SSSR count). The second-order valence-electron chi connectivity index (χ2n) is 3.32. The number of carboxylic acid groups (broad SMARTS) is 1. The Labute approximate surface area is 122 Å². The summed E-state index contributed by atoms with van der Waals surface area (Å²) >= 11 is 0. The molecule has 1 N–H and O–H groups in total. The van der Waals surface area contributed by atoms with Crippen LogP contribution in [0.3, 0.4) is 0 Å². The van der Waals surface area contributed by atoms with E-state index in [0.29, 0.717) is 10.0 Å². The molecule has 0 radical (unpaired) electrons. The van der Waals surface area contributed by atoms with E-state index in [2.05, 4.69) is 4.84 Å². The summed E-state index contributed by atoms with van der Waals surface area (Å²) in [7, 11) is -3.86. The summed E-state index contributed by atoms with van der Waals surface area (Å²) < 4.78 is 24.2. The first-order valence-corrected chi connectivity index (χ1v) is 5.88. The number of aryl methyl sites for hydroxylation is 1. The Morgan fingerprint density at radius 3 is 2.53 bits per heavy atom. The Kier molecular flexibility index (Phi) is 4.34. The molecule has 8 heteroatoms. The van der Waals surface area contributed by atoms with Gasteiger partial charge in [0.1, 0.15) is 0 Å². The molecule has 1 fully saturated rings.